The Bertz CT molecular complexity index is 311. The number of alkyl halides is 3. The SMILES string of the molecule is CC(NO)c1ccccc1C(F)(F)F. The van der Waals surface area contributed by atoms with E-state index in [9.17, 15) is 13.2 Å². The molecule has 2 N–H and O–H groups in total. The molecule has 1 unspecified atom stereocenters. The Balaban J connectivity index is 3.16. The minimum Gasteiger partial charge on any atom is -0.316 e. The molecule has 0 aliphatic rings. The smallest absolute Gasteiger partial charge is 0.316 e. The fraction of sp³-hybridized carbons (Fsp3) is 0.333. The number of nitrogens with one attached hydrogen (secondary N) is 1. The first-order chi connectivity index (χ1) is 6.46. The van der Waals surface area contributed by atoms with Gasteiger partial charge in [-0.25, -0.2) is 0 Å². The molecular formula is C9H10F3NO. The van der Waals surface area contributed by atoms with Crippen LogP contribution in [0.1, 0.15) is 24.1 Å². The molecule has 1 atom stereocenters. The van der Waals surface area contributed by atoms with Crippen LogP contribution in [0, 0.1) is 0 Å². The molecule has 1 aromatic rings. The fourth-order valence-electron chi connectivity index (χ4n) is 1.20. The summed E-state index contributed by atoms with van der Waals surface area (Å²) in [4.78, 5) is 0. The van der Waals surface area contributed by atoms with Crippen molar-refractivity contribution in [2.75, 3.05) is 0 Å². The lowest BCUT2D eigenvalue weighted by molar-refractivity contribution is -0.138. The lowest BCUT2D eigenvalue weighted by atomic mass is 10.0. The molecule has 14 heavy (non-hydrogen) atoms. The minimum atomic E-state index is -4.39. The van der Waals surface area contributed by atoms with Crippen molar-refractivity contribution in [2.45, 2.75) is 19.1 Å². The molecule has 0 amide bonds. The molecule has 5 heteroatoms. The van der Waals surface area contributed by atoms with Gasteiger partial charge in [-0.05, 0) is 18.6 Å². The van der Waals surface area contributed by atoms with Gasteiger partial charge in [-0.3, -0.25) is 0 Å². The summed E-state index contributed by atoms with van der Waals surface area (Å²) < 4.78 is 37.3. The van der Waals surface area contributed by atoms with E-state index >= 15 is 0 Å². The van der Waals surface area contributed by atoms with Gasteiger partial charge in [0.2, 0.25) is 0 Å². The average Bonchev–Trinajstić information content (AvgIpc) is 2.15. The van der Waals surface area contributed by atoms with Gasteiger partial charge in [0.05, 0.1) is 11.6 Å². The van der Waals surface area contributed by atoms with E-state index in [4.69, 9.17) is 5.21 Å². The minimum absolute atomic E-state index is 0.0301. The van der Waals surface area contributed by atoms with E-state index in [1.165, 1.54) is 25.1 Å². The summed E-state index contributed by atoms with van der Waals surface area (Å²) in [6.07, 6.45) is -4.39. The van der Waals surface area contributed by atoms with Crippen molar-refractivity contribution in [1.29, 1.82) is 0 Å². The third-order valence-corrected chi connectivity index (χ3v) is 1.93. The van der Waals surface area contributed by atoms with Crippen LogP contribution in [0.3, 0.4) is 0 Å². The van der Waals surface area contributed by atoms with Crippen molar-refractivity contribution < 1.29 is 18.4 Å². The molecule has 0 heterocycles. The molecule has 78 valence electrons. The molecule has 2 nitrogen and oxygen atoms in total. The Morgan fingerprint density at radius 3 is 2.36 bits per heavy atom. The summed E-state index contributed by atoms with van der Waals surface area (Å²) in [6, 6.07) is 4.39. The van der Waals surface area contributed by atoms with Crippen LogP contribution in [0.5, 0.6) is 0 Å². The molecule has 0 aromatic heterocycles. The maximum Gasteiger partial charge on any atom is 0.416 e. The third kappa shape index (κ3) is 2.24. The molecule has 0 saturated carbocycles. The second-order valence-corrected chi connectivity index (χ2v) is 2.94. The number of hydrogen-bond donors (Lipinski definition) is 2. The van der Waals surface area contributed by atoms with Gasteiger partial charge >= 0.3 is 6.18 Å². The number of hydrogen-bond acceptors (Lipinski definition) is 2. The molecule has 1 aromatic carbocycles. The van der Waals surface area contributed by atoms with Gasteiger partial charge in [0.15, 0.2) is 0 Å². The predicted molar refractivity (Wildman–Crippen MR) is 44.8 cm³/mol. The molecule has 1 rings (SSSR count). The van der Waals surface area contributed by atoms with Gasteiger partial charge in [-0.1, -0.05) is 18.2 Å². The fourth-order valence-corrected chi connectivity index (χ4v) is 1.20. The van der Waals surface area contributed by atoms with Gasteiger partial charge in [-0.2, -0.15) is 18.7 Å². The lowest BCUT2D eigenvalue weighted by Gasteiger charge is -2.16. The van der Waals surface area contributed by atoms with E-state index in [1.54, 1.807) is 5.48 Å². The first-order valence-electron chi connectivity index (χ1n) is 4.02. The van der Waals surface area contributed by atoms with Crippen LogP contribution in [0.15, 0.2) is 24.3 Å². The van der Waals surface area contributed by atoms with E-state index in [-0.39, 0.29) is 5.56 Å². The van der Waals surface area contributed by atoms with Gasteiger partial charge in [-0.15, -0.1) is 0 Å². The van der Waals surface area contributed by atoms with Crippen molar-refractivity contribution in [1.82, 2.24) is 5.48 Å². The molecular weight excluding hydrogens is 195 g/mol. The summed E-state index contributed by atoms with van der Waals surface area (Å²) >= 11 is 0. The Morgan fingerprint density at radius 1 is 1.29 bits per heavy atom. The molecule has 0 aliphatic heterocycles. The zero-order valence-electron chi connectivity index (χ0n) is 7.47. The van der Waals surface area contributed by atoms with E-state index < -0.39 is 17.8 Å². The maximum absolute atomic E-state index is 12.4. The average molecular weight is 205 g/mol. The highest BCUT2D eigenvalue weighted by molar-refractivity contribution is 5.31. The zero-order valence-corrected chi connectivity index (χ0v) is 7.47. The standard InChI is InChI=1S/C9H10F3NO/c1-6(13-14)7-4-2-3-5-8(7)9(10,11)12/h2-6,13-14H,1H3. The molecule has 0 fully saturated rings. The summed E-state index contributed by atoms with van der Waals surface area (Å²) in [5.74, 6) is 0. The quantitative estimate of drug-likeness (QED) is 0.727. The summed E-state index contributed by atoms with van der Waals surface area (Å²) in [6.45, 7) is 1.45. The van der Waals surface area contributed by atoms with Crippen molar-refractivity contribution in [3.05, 3.63) is 35.4 Å². The van der Waals surface area contributed by atoms with Crippen LogP contribution in [0.4, 0.5) is 13.2 Å². The highest BCUT2D eigenvalue weighted by atomic mass is 19.4. The Kier molecular flexibility index (Phi) is 3.13. The molecule has 0 aliphatic carbocycles. The van der Waals surface area contributed by atoms with Crippen LogP contribution in [0.2, 0.25) is 0 Å². The summed E-state index contributed by atoms with van der Waals surface area (Å²) in [5.41, 5.74) is 1.10. The van der Waals surface area contributed by atoms with Crippen molar-refractivity contribution in [2.24, 2.45) is 0 Å². The van der Waals surface area contributed by atoms with E-state index in [0.717, 1.165) is 6.07 Å². The number of rotatable bonds is 2. The Hall–Kier alpha value is -1.07. The second kappa shape index (κ2) is 3.98. The van der Waals surface area contributed by atoms with Gasteiger partial charge in [0.25, 0.3) is 0 Å². The normalized spacial score (nSPS) is 14.1. The second-order valence-electron chi connectivity index (χ2n) is 2.94. The van der Waals surface area contributed by atoms with Gasteiger partial charge in [0.1, 0.15) is 0 Å². The first kappa shape index (κ1) is 11.0. The van der Waals surface area contributed by atoms with Crippen molar-refractivity contribution in [3.63, 3.8) is 0 Å². The van der Waals surface area contributed by atoms with Crippen LogP contribution in [-0.2, 0) is 6.18 Å². The van der Waals surface area contributed by atoms with E-state index in [0.29, 0.717) is 0 Å². The van der Waals surface area contributed by atoms with Crippen LogP contribution < -0.4 is 5.48 Å². The topological polar surface area (TPSA) is 32.3 Å². The number of hydroxylamine groups is 1. The lowest BCUT2D eigenvalue weighted by Crippen LogP contribution is -2.18. The third-order valence-electron chi connectivity index (χ3n) is 1.93. The summed E-state index contributed by atoms with van der Waals surface area (Å²) in [5, 5.41) is 8.56. The van der Waals surface area contributed by atoms with Crippen LogP contribution >= 0.6 is 0 Å². The zero-order chi connectivity index (χ0) is 10.8. The highest BCUT2D eigenvalue weighted by Gasteiger charge is 2.33. The Morgan fingerprint density at radius 2 is 1.86 bits per heavy atom. The predicted octanol–water partition coefficient (Wildman–Crippen LogP) is 2.75. The van der Waals surface area contributed by atoms with Gasteiger partial charge < -0.3 is 5.21 Å². The monoisotopic (exact) mass is 205 g/mol. The molecule has 0 saturated heterocycles. The van der Waals surface area contributed by atoms with Crippen molar-refractivity contribution in [3.8, 4) is 0 Å². The van der Waals surface area contributed by atoms with Gasteiger partial charge in [0, 0.05) is 0 Å². The molecule has 0 bridgehead atoms. The highest BCUT2D eigenvalue weighted by Crippen LogP contribution is 2.34. The van der Waals surface area contributed by atoms with E-state index in [1.807, 2.05) is 0 Å². The van der Waals surface area contributed by atoms with Crippen LogP contribution in [-0.4, -0.2) is 5.21 Å². The van der Waals surface area contributed by atoms with Crippen LogP contribution in [0.25, 0.3) is 0 Å². The molecule has 0 radical (unpaired) electrons. The number of halogens is 3. The number of benzene rings is 1. The van der Waals surface area contributed by atoms with Crippen molar-refractivity contribution >= 4 is 0 Å². The largest absolute Gasteiger partial charge is 0.416 e. The maximum atomic E-state index is 12.4. The summed E-state index contributed by atoms with van der Waals surface area (Å²) in [7, 11) is 0. The first-order valence-corrected chi connectivity index (χ1v) is 4.02. The molecule has 0 spiro atoms. The Labute approximate surface area is 79.3 Å². The van der Waals surface area contributed by atoms with E-state index in [2.05, 4.69) is 0 Å².